The minimum atomic E-state index is -1.08. The van der Waals surface area contributed by atoms with Crippen LogP contribution >= 0.6 is 0 Å². The standard InChI is InChI=1S/4C2H4O2.Ba.Zn/c4*1-2(3)4;;/h4*1H3,(H,3,4);;/q;;;;2*+2/p-4. The molecule has 0 spiro atoms. The summed E-state index contributed by atoms with van der Waals surface area (Å²) in [6.45, 7) is 3.89. The zero-order valence-electron chi connectivity index (χ0n) is 10.7. The molecule has 0 atom stereocenters. The summed E-state index contributed by atoms with van der Waals surface area (Å²) in [6.07, 6.45) is 0. The maximum atomic E-state index is 8.89. The number of hydrogen-bond acceptors (Lipinski definition) is 8. The van der Waals surface area contributed by atoms with Crippen LogP contribution in [0.15, 0.2) is 0 Å². The van der Waals surface area contributed by atoms with Gasteiger partial charge in [-0.2, -0.15) is 0 Å². The molecule has 0 rings (SSSR count). The van der Waals surface area contributed by atoms with Crippen LogP contribution in [-0.4, -0.2) is 72.8 Å². The Morgan fingerprint density at radius 2 is 0.556 bits per heavy atom. The van der Waals surface area contributed by atoms with Gasteiger partial charge in [0.25, 0.3) is 0 Å². The minimum Gasteiger partial charge on any atom is -0.550 e. The van der Waals surface area contributed by atoms with Crippen LogP contribution in [0.5, 0.6) is 0 Å². The fraction of sp³-hybridized carbons (Fsp3) is 0.500. The molecule has 0 amide bonds. The molecule has 0 fully saturated rings. The second-order valence-corrected chi connectivity index (χ2v) is 1.97. The molecule has 18 heavy (non-hydrogen) atoms. The Morgan fingerprint density at radius 1 is 0.556 bits per heavy atom. The molecule has 0 bridgehead atoms. The molecular formula is C8H12BaO8Zn. The number of rotatable bonds is 0. The number of aliphatic carboxylic acids is 4. The summed E-state index contributed by atoms with van der Waals surface area (Å²) in [5.74, 6) is -4.33. The number of hydrogen-bond donors (Lipinski definition) is 0. The summed E-state index contributed by atoms with van der Waals surface area (Å²) in [6, 6.07) is 0. The van der Waals surface area contributed by atoms with E-state index in [1.165, 1.54) is 0 Å². The zero-order chi connectivity index (χ0) is 14.3. The Labute approximate surface area is 158 Å². The van der Waals surface area contributed by atoms with Crippen molar-refractivity contribution in [1.82, 2.24) is 0 Å². The van der Waals surface area contributed by atoms with E-state index in [1.54, 1.807) is 0 Å². The maximum Gasteiger partial charge on any atom is 2.00 e. The van der Waals surface area contributed by atoms with Gasteiger partial charge >= 0.3 is 68.4 Å². The van der Waals surface area contributed by atoms with Gasteiger partial charge in [-0.1, -0.05) is 0 Å². The van der Waals surface area contributed by atoms with Gasteiger partial charge in [0.1, 0.15) is 0 Å². The third kappa shape index (κ3) is 653000. The van der Waals surface area contributed by atoms with Crippen molar-refractivity contribution in [3.8, 4) is 0 Å². The van der Waals surface area contributed by atoms with Crippen LogP contribution in [0, 0.1) is 0 Å². The largest absolute Gasteiger partial charge is 2.00 e. The Balaban J connectivity index is -0.0000000257. The first kappa shape index (κ1) is 36.1. The Hall–Kier alpha value is 0.0748. The number of carboxylic acid groups (broad SMARTS) is 4. The molecule has 0 radical (unpaired) electrons. The summed E-state index contributed by atoms with van der Waals surface area (Å²) in [4.78, 5) is 35.6. The van der Waals surface area contributed by atoms with Gasteiger partial charge in [0.15, 0.2) is 0 Å². The van der Waals surface area contributed by atoms with E-state index < -0.39 is 23.9 Å². The van der Waals surface area contributed by atoms with Gasteiger partial charge in [-0.3, -0.25) is 0 Å². The van der Waals surface area contributed by atoms with Gasteiger partial charge in [0, 0.05) is 23.9 Å². The van der Waals surface area contributed by atoms with Crippen molar-refractivity contribution in [3.63, 3.8) is 0 Å². The number of carboxylic acids is 4. The van der Waals surface area contributed by atoms with E-state index in [0.29, 0.717) is 0 Å². The smallest absolute Gasteiger partial charge is 0.550 e. The van der Waals surface area contributed by atoms with E-state index in [4.69, 9.17) is 39.6 Å². The van der Waals surface area contributed by atoms with E-state index in [0.717, 1.165) is 27.7 Å². The van der Waals surface area contributed by atoms with Gasteiger partial charge < -0.3 is 39.6 Å². The molecule has 0 aromatic carbocycles. The molecule has 0 saturated heterocycles. The van der Waals surface area contributed by atoms with Crippen LogP contribution < -0.4 is 20.4 Å². The van der Waals surface area contributed by atoms with Crippen LogP contribution in [0.4, 0.5) is 0 Å². The van der Waals surface area contributed by atoms with Crippen LogP contribution in [0.2, 0.25) is 0 Å². The van der Waals surface area contributed by atoms with E-state index in [9.17, 15) is 0 Å². The summed E-state index contributed by atoms with van der Waals surface area (Å²) >= 11 is 0. The van der Waals surface area contributed by atoms with Gasteiger partial charge in [0.05, 0.1) is 0 Å². The van der Waals surface area contributed by atoms with Gasteiger partial charge in [-0.15, -0.1) is 0 Å². The molecule has 0 aromatic heterocycles. The monoisotopic (exact) mass is 438 g/mol. The first-order valence-electron chi connectivity index (χ1n) is 3.63. The average Bonchev–Trinajstić information content (AvgIpc) is 1.76. The van der Waals surface area contributed by atoms with Crippen LogP contribution in [-0.2, 0) is 38.7 Å². The molecule has 0 unspecified atom stereocenters. The molecule has 0 aromatic rings. The third-order valence-electron chi connectivity index (χ3n) is 0. The average molecular weight is 439 g/mol. The molecule has 0 N–H and O–H groups in total. The van der Waals surface area contributed by atoms with E-state index in [2.05, 4.69) is 0 Å². The first-order valence-corrected chi connectivity index (χ1v) is 3.63. The van der Waals surface area contributed by atoms with Crippen molar-refractivity contribution >= 4 is 72.8 Å². The van der Waals surface area contributed by atoms with Gasteiger partial charge in [-0.05, 0) is 27.7 Å². The van der Waals surface area contributed by atoms with Crippen molar-refractivity contribution in [2.24, 2.45) is 0 Å². The quantitative estimate of drug-likeness (QED) is 0.338. The molecule has 0 aliphatic carbocycles. The minimum absolute atomic E-state index is 0. The topological polar surface area (TPSA) is 161 Å². The second-order valence-electron chi connectivity index (χ2n) is 1.97. The van der Waals surface area contributed by atoms with Crippen molar-refractivity contribution in [3.05, 3.63) is 0 Å². The molecule has 8 nitrogen and oxygen atoms in total. The molecular weight excluding hydrogens is 427 g/mol. The summed E-state index contributed by atoms with van der Waals surface area (Å²) in [5, 5.41) is 35.6. The fourth-order valence-corrected chi connectivity index (χ4v) is 0. The van der Waals surface area contributed by atoms with Crippen molar-refractivity contribution in [1.29, 1.82) is 0 Å². The Morgan fingerprint density at radius 3 is 0.556 bits per heavy atom. The second kappa shape index (κ2) is 30.3. The summed E-state index contributed by atoms with van der Waals surface area (Å²) < 4.78 is 0. The Bertz CT molecular complexity index is 167. The predicted octanol–water partition coefficient (Wildman–Crippen LogP) is -5.36. The number of carbonyl (C=O) groups is 4. The van der Waals surface area contributed by atoms with E-state index >= 15 is 0 Å². The molecule has 10 heteroatoms. The summed E-state index contributed by atoms with van der Waals surface area (Å²) in [5.41, 5.74) is 0. The first-order chi connectivity index (χ1) is 6.93. The van der Waals surface area contributed by atoms with Crippen molar-refractivity contribution in [2.75, 3.05) is 0 Å². The normalized spacial score (nSPS) is 5.56. The molecule has 96 valence electrons. The molecule has 0 saturated carbocycles. The van der Waals surface area contributed by atoms with Crippen LogP contribution in [0.25, 0.3) is 0 Å². The van der Waals surface area contributed by atoms with E-state index in [-0.39, 0.29) is 68.4 Å². The third-order valence-corrected chi connectivity index (χ3v) is 0. The Kier molecular flexibility index (Phi) is 60.8. The molecule has 0 heterocycles. The van der Waals surface area contributed by atoms with E-state index in [1.807, 2.05) is 0 Å². The van der Waals surface area contributed by atoms with Crippen molar-refractivity contribution < 1.29 is 59.1 Å². The van der Waals surface area contributed by atoms with Crippen LogP contribution in [0.3, 0.4) is 0 Å². The van der Waals surface area contributed by atoms with Crippen LogP contribution in [0.1, 0.15) is 27.7 Å². The molecule has 0 aliphatic rings. The SMILES string of the molecule is CC(=O)[O-].CC(=O)[O-].CC(=O)[O-].CC(=O)[O-].[Ba+2].[Zn+2]. The van der Waals surface area contributed by atoms with Crippen molar-refractivity contribution in [2.45, 2.75) is 27.7 Å². The van der Waals surface area contributed by atoms with Gasteiger partial charge in [-0.25, -0.2) is 0 Å². The maximum absolute atomic E-state index is 8.89. The van der Waals surface area contributed by atoms with Gasteiger partial charge in [0.2, 0.25) is 0 Å². The predicted molar refractivity (Wildman–Crippen MR) is 48.5 cm³/mol. The zero-order valence-corrected chi connectivity index (χ0v) is 18.1. The molecule has 0 aliphatic heterocycles. The summed E-state index contributed by atoms with van der Waals surface area (Å²) in [7, 11) is 0. The number of carbonyl (C=O) groups excluding carboxylic acids is 4. The fourth-order valence-electron chi connectivity index (χ4n) is 0.